The number of anilines is 2. The number of aromatic nitrogens is 2. The first-order valence-electron chi connectivity index (χ1n) is 6.27. The molecule has 1 unspecified atom stereocenters. The molecule has 6 heteroatoms. The van der Waals surface area contributed by atoms with Crippen molar-refractivity contribution in [3.8, 4) is 0 Å². The van der Waals surface area contributed by atoms with Crippen LogP contribution in [0, 0.1) is 0 Å². The third kappa shape index (κ3) is 3.66. The maximum Gasteiger partial charge on any atom is 0.158 e. The fraction of sp³-hybridized carbons (Fsp3) is 0.286. The van der Waals surface area contributed by atoms with E-state index in [0.717, 1.165) is 5.56 Å². The smallest absolute Gasteiger partial charge is 0.158 e. The van der Waals surface area contributed by atoms with Gasteiger partial charge in [-0.15, -0.1) is 0 Å². The molecule has 0 amide bonds. The number of methoxy groups -OCH3 is 1. The van der Waals surface area contributed by atoms with Crippen molar-refractivity contribution in [2.45, 2.75) is 12.6 Å². The number of ether oxygens (including phenoxy) is 1. The van der Waals surface area contributed by atoms with E-state index in [9.17, 15) is 5.11 Å². The number of nitrogens with one attached hydrogen (secondary N) is 1. The SMILES string of the molecule is COCc1nc(N)cc(NC(CO)c2ccccc2)n1. The Bertz CT molecular complexity index is 548. The van der Waals surface area contributed by atoms with Gasteiger partial charge in [0.15, 0.2) is 5.82 Å². The summed E-state index contributed by atoms with van der Waals surface area (Å²) in [6, 6.07) is 11.0. The molecule has 106 valence electrons. The zero-order valence-corrected chi connectivity index (χ0v) is 11.3. The van der Waals surface area contributed by atoms with Gasteiger partial charge in [-0.25, -0.2) is 9.97 Å². The van der Waals surface area contributed by atoms with Crippen LogP contribution in [0.15, 0.2) is 36.4 Å². The van der Waals surface area contributed by atoms with Crippen LogP contribution in [0.25, 0.3) is 0 Å². The second kappa shape index (κ2) is 6.83. The molecule has 1 heterocycles. The highest BCUT2D eigenvalue weighted by molar-refractivity contribution is 5.46. The zero-order chi connectivity index (χ0) is 14.4. The number of hydrogen-bond acceptors (Lipinski definition) is 6. The summed E-state index contributed by atoms with van der Waals surface area (Å²) in [6.07, 6.45) is 0. The van der Waals surface area contributed by atoms with Crippen molar-refractivity contribution in [1.82, 2.24) is 9.97 Å². The van der Waals surface area contributed by atoms with Gasteiger partial charge in [-0.1, -0.05) is 30.3 Å². The zero-order valence-electron chi connectivity index (χ0n) is 11.3. The Morgan fingerprint density at radius 1 is 1.30 bits per heavy atom. The minimum Gasteiger partial charge on any atom is -0.394 e. The van der Waals surface area contributed by atoms with Crippen LogP contribution in [0.4, 0.5) is 11.6 Å². The third-order valence-electron chi connectivity index (χ3n) is 2.77. The van der Waals surface area contributed by atoms with Crippen LogP contribution in [-0.4, -0.2) is 28.8 Å². The van der Waals surface area contributed by atoms with E-state index in [1.165, 1.54) is 0 Å². The van der Waals surface area contributed by atoms with Crippen LogP contribution in [0.1, 0.15) is 17.4 Å². The number of nitrogens with zero attached hydrogens (tertiary/aromatic N) is 2. The number of benzene rings is 1. The van der Waals surface area contributed by atoms with Crippen LogP contribution < -0.4 is 11.1 Å². The first kappa shape index (κ1) is 14.2. The van der Waals surface area contributed by atoms with Crippen molar-refractivity contribution in [3.63, 3.8) is 0 Å². The number of aliphatic hydroxyl groups excluding tert-OH is 1. The van der Waals surface area contributed by atoms with Crippen molar-refractivity contribution in [1.29, 1.82) is 0 Å². The topological polar surface area (TPSA) is 93.3 Å². The van der Waals surface area contributed by atoms with Gasteiger partial charge in [0.25, 0.3) is 0 Å². The van der Waals surface area contributed by atoms with E-state index < -0.39 is 0 Å². The Morgan fingerprint density at radius 2 is 2.05 bits per heavy atom. The highest BCUT2D eigenvalue weighted by Gasteiger charge is 2.11. The molecule has 0 saturated carbocycles. The summed E-state index contributed by atoms with van der Waals surface area (Å²) in [7, 11) is 1.57. The number of hydrogen-bond donors (Lipinski definition) is 3. The fourth-order valence-corrected chi connectivity index (χ4v) is 1.88. The highest BCUT2D eigenvalue weighted by Crippen LogP contribution is 2.19. The number of rotatable bonds is 6. The number of nitrogens with two attached hydrogens (primary N) is 1. The van der Waals surface area contributed by atoms with E-state index in [2.05, 4.69) is 15.3 Å². The van der Waals surface area contributed by atoms with Gasteiger partial charge in [0.2, 0.25) is 0 Å². The molecule has 0 aliphatic heterocycles. The lowest BCUT2D eigenvalue weighted by atomic mass is 10.1. The largest absolute Gasteiger partial charge is 0.394 e. The van der Waals surface area contributed by atoms with E-state index >= 15 is 0 Å². The average molecular weight is 274 g/mol. The van der Waals surface area contributed by atoms with Gasteiger partial charge in [0.05, 0.1) is 12.6 Å². The molecule has 0 spiro atoms. The van der Waals surface area contributed by atoms with Crippen molar-refractivity contribution < 1.29 is 9.84 Å². The molecule has 2 aromatic rings. The summed E-state index contributed by atoms with van der Waals surface area (Å²) in [5.74, 6) is 1.42. The van der Waals surface area contributed by atoms with Crippen LogP contribution in [0.2, 0.25) is 0 Å². The molecule has 1 aromatic carbocycles. The number of nitrogen functional groups attached to an aromatic ring is 1. The molecule has 1 aromatic heterocycles. The first-order valence-corrected chi connectivity index (χ1v) is 6.27. The molecule has 0 fully saturated rings. The van der Waals surface area contributed by atoms with Gasteiger partial charge >= 0.3 is 0 Å². The molecule has 0 aliphatic rings. The second-order valence-corrected chi connectivity index (χ2v) is 4.32. The molecule has 2 rings (SSSR count). The van der Waals surface area contributed by atoms with Crippen LogP contribution in [0.3, 0.4) is 0 Å². The predicted molar refractivity (Wildman–Crippen MR) is 77.0 cm³/mol. The normalized spacial score (nSPS) is 12.1. The maximum absolute atomic E-state index is 9.52. The summed E-state index contributed by atoms with van der Waals surface area (Å²) >= 11 is 0. The molecular formula is C14H18N4O2. The van der Waals surface area contributed by atoms with Gasteiger partial charge in [-0.05, 0) is 5.56 Å². The Balaban J connectivity index is 2.19. The Kier molecular flexibility index (Phi) is 4.86. The fourth-order valence-electron chi connectivity index (χ4n) is 1.88. The molecule has 0 bridgehead atoms. The quantitative estimate of drug-likeness (QED) is 0.736. The molecule has 0 saturated heterocycles. The Hall–Kier alpha value is -2.18. The number of aliphatic hydroxyl groups is 1. The molecule has 0 radical (unpaired) electrons. The van der Waals surface area contributed by atoms with Gasteiger partial charge in [-0.3, -0.25) is 0 Å². The van der Waals surface area contributed by atoms with E-state index in [0.29, 0.717) is 17.5 Å². The Morgan fingerprint density at radius 3 is 2.70 bits per heavy atom. The summed E-state index contributed by atoms with van der Waals surface area (Å²) in [6.45, 7) is 0.238. The van der Waals surface area contributed by atoms with Crippen molar-refractivity contribution in [2.75, 3.05) is 24.8 Å². The third-order valence-corrected chi connectivity index (χ3v) is 2.77. The van der Waals surface area contributed by atoms with Gasteiger partial charge < -0.3 is 20.9 Å². The van der Waals surface area contributed by atoms with Crippen molar-refractivity contribution in [2.24, 2.45) is 0 Å². The maximum atomic E-state index is 9.52. The van der Waals surface area contributed by atoms with Gasteiger partial charge in [-0.2, -0.15) is 0 Å². The highest BCUT2D eigenvalue weighted by atomic mass is 16.5. The van der Waals surface area contributed by atoms with Gasteiger partial charge in [0.1, 0.15) is 18.2 Å². The van der Waals surface area contributed by atoms with Crippen LogP contribution in [-0.2, 0) is 11.3 Å². The summed E-state index contributed by atoms with van der Waals surface area (Å²) in [4.78, 5) is 8.37. The van der Waals surface area contributed by atoms with Crippen LogP contribution in [0.5, 0.6) is 0 Å². The van der Waals surface area contributed by atoms with E-state index in [4.69, 9.17) is 10.5 Å². The minimum atomic E-state index is -0.249. The molecule has 6 nitrogen and oxygen atoms in total. The predicted octanol–water partition coefficient (Wildman–Crippen LogP) is 1.35. The first-order chi connectivity index (χ1) is 9.72. The lowest BCUT2D eigenvalue weighted by Gasteiger charge is -2.17. The van der Waals surface area contributed by atoms with E-state index in [1.807, 2.05) is 30.3 Å². The average Bonchev–Trinajstić information content (AvgIpc) is 2.45. The monoisotopic (exact) mass is 274 g/mol. The standard InChI is InChI=1S/C14H18N4O2/c1-20-9-14-17-12(15)7-13(18-14)16-11(8-19)10-5-3-2-4-6-10/h2-7,11,19H,8-9H2,1H3,(H3,15,16,17,18). The summed E-state index contributed by atoms with van der Waals surface area (Å²) in [5.41, 5.74) is 6.71. The summed E-state index contributed by atoms with van der Waals surface area (Å²) < 4.78 is 5.00. The molecule has 4 N–H and O–H groups in total. The minimum absolute atomic E-state index is 0.0481. The molecule has 1 atom stereocenters. The lowest BCUT2D eigenvalue weighted by molar-refractivity contribution is 0.178. The summed E-state index contributed by atoms with van der Waals surface area (Å²) in [5, 5.41) is 12.7. The molecular weight excluding hydrogens is 256 g/mol. The lowest BCUT2D eigenvalue weighted by Crippen LogP contribution is -2.16. The second-order valence-electron chi connectivity index (χ2n) is 4.32. The molecule has 0 aliphatic carbocycles. The van der Waals surface area contributed by atoms with Crippen molar-refractivity contribution in [3.05, 3.63) is 47.8 Å². The van der Waals surface area contributed by atoms with E-state index in [1.54, 1.807) is 13.2 Å². The van der Waals surface area contributed by atoms with Crippen LogP contribution >= 0.6 is 0 Å². The van der Waals surface area contributed by atoms with E-state index in [-0.39, 0.29) is 19.3 Å². The van der Waals surface area contributed by atoms with Crippen molar-refractivity contribution >= 4 is 11.6 Å². The van der Waals surface area contributed by atoms with Gasteiger partial charge in [0, 0.05) is 13.2 Å². The Labute approximate surface area is 117 Å². The molecule has 20 heavy (non-hydrogen) atoms.